The van der Waals surface area contributed by atoms with Crippen LogP contribution in [0.1, 0.15) is 17.4 Å². The van der Waals surface area contributed by atoms with Gasteiger partial charge in [-0.05, 0) is 23.8 Å². The lowest BCUT2D eigenvalue weighted by molar-refractivity contribution is 0.659. The molecule has 17 heavy (non-hydrogen) atoms. The van der Waals surface area contributed by atoms with Gasteiger partial charge in [-0.3, -0.25) is 0 Å². The fourth-order valence-electron chi connectivity index (χ4n) is 1.70. The van der Waals surface area contributed by atoms with Gasteiger partial charge in [-0.25, -0.2) is 4.98 Å². The fraction of sp³-hybridized carbons (Fsp3) is 0.250. The molecule has 5 heteroatoms. The van der Waals surface area contributed by atoms with E-state index in [1.54, 1.807) is 6.20 Å². The van der Waals surface area contributed by atoms with Gasteiger partial charge in [-0.15, -0.1) is 0 Å². The minimum atomic E-state index is -0.0510. The normalized spacial score (nSPS) is 12.7. The van der Waals surface area contributed by atoms with Crippen LogP contribution in [0.25, 0.3) is 0 Å². The summed E-state index contributed by atoms with van der Waals surface area (Å²) in [4.78, 5) is 4.29. The lowest BCUT2D eigenvalue weighted by Crippen LogP contribution is -2.15. The standard InChI is InChI=1S/C12H13Br2N3/c1-17-3-2-16-12(17)7-11(15)8-4-9(13)6-10(14)5-8/h2-6,11H,7,15H2,1H3. The van der Waals surface area contributed by atoms with E-state index in [9.17, 15) is 0 Å². The van der Waals surface area contributed by atoms with Crippen molar-refractivity contribution in [2.75, 3.05) is 0 Å². The Hall–Kier alpha value is -0.650. The monoisotopic (exact) mass is 357 g/mol. The van der Waals surface area contributed by atoms with Gasteiger partial charge in [-0.2, -0.15) is 0 Å². The van der Waals surface area contributed by atoms with Crippen LogP contribution in [0.4, 0.5) is 0 Å². The summed E-state index contributed by atoms with van der Waals surface area (Å²) in [5.41, 5.74) is 7.29. The van der Waals surface area contributed by atoms with E-state index in [-0.39, 0.29) is 6.04 Å². The molecule has 0 saturated heterocycles. The Morgan fingerprint density at radius 2 is 1.94 bits per heavy atom. The van der Waals surface area contributed by atoms with Crippen molar-refractivity contribution in [3.8, 4) is 0 Å². The minimum Gasteiger partial charge on any atom is -0.338 e. The quantitative estimate of drug-likeness (QED) is 0.915. The Morgan fingerprint density at radius 1 is 1.29 bits per heavy atom. The van der Waals surface area contributed by atoms with E-state index >= 15 is 0 Å². The number of nitrogens with zero attached hydrogens (tertiary/aromatic N) is 2. The second-order valence-electron chi connectivity index (χ2n) is 3.97. The first-order valence-corrected chi connectivity index (χ1v) is 6.82. The van der Waals surface area contributed by atoms with Crippen LogP contribution in [0.3, 0.4) is 0 Å². The summed E-state index contributed by atoms with van der Waals surface area (Å²) in [5.74, 6) is 0.994. The van der Waals surface area contributed by atoms with E-state index in [4.69, 9.17) is 5.73 Å². The molecule has 90 valence electrons. The number of hydrogen-bond acceptors (Lipinski definition) is 2. The zero-order valence-electron chi connectivity index (χ0n) is 9.40. The number of aromatic nitrogens is 2. The van der Waals surface area contributed by atoms with Crippen molar-refractivity contribution in [3.63, 3.8) is 0 Å². The largest absolute Gasteiger partial charge is 0.338 e. The molecule has 0 bridgehead atoms. The van der Waals surface area contributed by atoms with Crippen molar-refractivity contribution in [2.24, 2.45) is 12.8 Å². The van der Waals surface area contributed by atoms with Gasteiger partial charge in [0.2, 0.25) is 0 Å². The summed E-state index contributed by atoms with van der Waals surface area (Å²) in [6.45, 7) is 0. The minimum absolute atomic E-state index is 0.0510. The first kappa shape index (κ1) is 12.8. The molecule has 1 aromatic heterocycles. The van der Waals surface area contributed by atoms with E-state index < -0.39 is 0 Å². The third kappa shape index (κ3) is 3.18. The second kappa shape index (κ2) is 5.33. The number of imidazole rings is 1. The maximum atomic E-state index is 6.20. The van der Waals surface area contributed by atoms with Crippen molar-refractivity contribution in [3.05, 3.63) is 50.9 Å². The zero-order valence-corrected chi connectivity index (χ0v) is 12.6. The molecule has 0 radical (unpaired) electrons. The van der Waals surface area contributed by atoms with Crippen LogP contribution in [0.15, 0.2) is 39.5 Å². The third-order valence-electron chi connectivity index (χ3n) is 2.64. The smallest absolute Gasteiger partial charge is 0.110 e. The summed E-state index contributed by atoms with van der Waals surface area (Å²) in [6.07, 6.45) is 4.45. The van der Waals surface area contributed by atoms with E-state index in [1.165, 1.54) is 0 Å². The van der Waals surface area contributed by atoms with Crippen molar-refractivity contribution in [1.29, 1.82) is 0 Å². The summed E-state index contributed by atoms with van der Waals surface area (Å²) >= 11 is 6.93. The van der Waals surface area contributed by atoms with E-state index in [0.717, 1.165) is 26.8 Å². The number of nitrogens with two attached hydrogens (primary N) is 1. The molecule has 1 aromatic carbocycles. The van der Waals surface area contributed by atoms with Crippen molar-refractivity contribution in [2.45, 2.75) is 12.5 Å². The fourth-order valence-corrected chi connectivity index (χ4v) is 3.03. The molecule has 0 aliphatic rings. The summed E-state index contributed by atoms with van der Waals surface area (Å²) in [7, 11) is 1.98. The molecule has 0 aliphatic carbocycles. The van der Waals surface area contributed by atoms with E-state index in [1.807, 2.05) is 36.0 Å². The topological polar surface area (TPSA) is 43.8 Å². The number of halogens is 2. The maximum absolute atomic E-state index is 6.20. The molecule has 1 unspecified atom stereocenters. The Kier molecular flexibility index (Phi) is 4.01. The lowest BCUT2D eigenvalue weighted by atomic mass is 10.0. The van der Waals surface area contributed by atoms with Gasteiger partial charge < -0.3 is 10.3 Å². The van der Waals surface area contributed by atoms with Crippen LogP contribution in [-0.2, 0) is 13.5 Å². The van der Waals surface area contributed by atoms with Gasteiger partial charge in [-0.1, -0.05) is 31.9 Å². The van der Waals surface area contributed by atoms with Crippen LogP contribution >= 0.6 is 31.9 Å². The lowest BCUT2D eigenvalue weighted by Gasteiger charge is -2.13. The first-order valence-electron chi connectivity index (χ1n) is 5.24. The summed E-state index contributed by atoms with van der Waals surface area (Å²) < 4.78 is 4.04. The van der Waals surface area contributed by atoms with Gasteiger partial charge in [0, 0.05) is 40.8 Å². The molecule has 3 nitrogen and oxygen atoms in total. The molecule has 2 aromatic rings. The number of rotatable bonds is 3. The van der Waals surface area contributed by atoms with E-state index in [0.29, 0.717) is 0 Å². The SMILES string of the molecule is Cn1ccnc1CC(N)c1cc(Br)cc(Br)c1. The van der Waals surface area contributed by atoms with E-state index in [2.05, 4.69) is 36.8 Å². The molecule has 1 heterocycles. The highest BCUT2D eigenvalue weighted by atomic mass is 79.9. The van der Waals surface area contributed by atoms with Crippen LogP contribution in [0.2, 0.25) is 0 Å². The molecule has 0 spiro atoms. The summed E-state index contributed by atoms with van der Waals surface area (Å²) in [5, 5.41) is 0. The third-order valence-corrected chi connectivity index (χ3v) is 3.55. The van der Waals surface area contributed by atoms with Gasteiger partial charge in [0.05, 0.1) is 0 Å². The van der Waals surface area contributed by atoms with Gasteiger partial charge in [0.1, 0.15) is 5.82 Å². The highest BCUT2D eigenvalue weighted by Crippen LogP contribution is 2.24. The van der Waals surface area contributed by atoms with Gasteiger partial charge >= 0.3 is 0 Å². The molecular weight excluding hydrogens is 346 g/mol. The predicted octanol–water partition coefficient (Wildman–Crippen LogP) is 3.19. The number of aryl methyl sites for hydroxylation is 1. The number of hydrogen-bond donors (Lipinski definition) is 1. The van der Waals surface area contributed by atoms with Crippen LogP contribution in [0.5, 0.6) is 0 Å². The van der Waals surface area contributed by atoms with Crippen molar-refractivity contribution in [1.82, 2.24) is 9.55 Å². The van der Waals surface area contributed by atoms with Gasteiger partial charge in [0.25, 0.3) is 0 Å². The highest BCUT2D eigenvalue weighted by Gasteiger charge is 2.11. The van der Waals surface area contributed by atoms with Crippen molar-refractivity contribution < 1.29 is 0 Å². The average Bonchev–Trinajstić information content (AvgIpc) is 2.63. The Labute approximate surface area is 117 Å². The molecule has 2 N–H and O–H groups in total. The van der Waals surface area contributed by atoms with Crippen LogP contribution < -0.4 is 5.73 Å². The molecule has 0 aliphatic heterocycles. The van der Waals surface area contributed by atoms with Crippen molar-refractivity contribution >= 4 is 31.9 Å². The van der Waals surface area contributed by atoms with Gasteiger partial charge in [0.15, 0.2) is 0 Å². The van der Waals surface area contributed by atoms with Crippen LogP contribution in [0, 0.1) is 0 Å². The Morgan fingerprint density at radius 3 is 2.47 bits per heavy atom. The zero-order chi connectivity index (χ0) is 12.4. The molecule has 0 amide bonds. The number of benzene rings is 1. The molecule has 0 fully saturated rings. The molecular formula is C12H13Br2N3. The summed E-state index contributed by atoms with van der Waals surface area (Å²) in [6, 6.07) is 6.03. The maximum Gasteiger partial charge on any atom is 0.110 e. The average molecular weight is 359 g/mol. The second-order valence-corrected chi connectivity index (χ2v) is 5.80. The molecule has 1 atom stereocenters. The Balaban J connectivity index is 2.20. The van der Waals surface area contributed by atoms with Crippen LogP contribution in [-0.4, -0.2) is 9.55 Å². The molecule has 0 saturated carbocycles. The molecule has 2 rings (SSSR count). The highest BCUT2D eigenvalue weighted by molar-refractivity contribution is 9.11. The first-order chi connectivity index (χ1) is 8.06. The Bertz CT molecular complexity index is 502. The predicted molar refractivity (Wildman–Crippen MR) is 75.7 cm³/mol.